The van der Waals surface area contributed by atoms with Crippen molar-refractivity contribution < 1.29 is 27.5 Å². The van der Waals surface area contributed by atoms with Gasteiger partial charge in [0, 0.05) is 11.6 Å². The van der Waals surface area contributed by atoms with E-state index < -0.39 is 23.3 Å². The third-order valence-electron chi connectivity index (χ3n) is 2.21. The molecule has 102 valence electrons. The Hall–Kier alpha value is -2.11. The van der Waals surface area contributed by atoms with Crippen LogP contribution in [0, 0.1) is 0 Å². The van der Waals surface area contributed by atoms with Crippen molar-refractivity contribution >= 4 is 18.3 Å². The van der Waals surface area contributed by atoms with Crippen molar-refractivity contribution in [3.8, 4) is 0 Å². The van der Waals surface area contributed by atoms with Crippen molar-refractivity contribution in [3.63, 3.8) is 0 Å². The zero-order valence-corrected chi connectivity index (χ0v) is 10.0. The Morgan fingerprint density at radius 2 is 2.05 bits per heavy atom. The van der Waals surface area contributed by atoms with Gasteiger partial charge in [-0.15, -0.1) is 0 Å². The highest BCUT2D eigenvalue weighted by atomic mass is 19.4. The lowest BCUT2D eigenvalue weighted by molar-refractivity contribution is -0.138. The van der Waals surface area contributed by atoms with E-state index in [4.69, 9.17) is 0 Å². The average Bonchev–Trinajstić information content (AvgIpc) is 2.35. The highest BCUT2D eigenvalue weighted by molar-refractivity contribution is 5.87. The fourth-order valence-corrected chi connectivity index (χ4v) is 1.38. The summed E-state index contributed by atoms with van der Waals surface area (Å²) in [5.41, 5.74) is -1.32. The Morgan fingerprint density at radius 3 is 2.58 bits per heavy atom. The Kier molecular flexibility index (Phi) is 4.86. The minimum Gasteiger partial charge on any atom is -0.463 e. The zero-order chi connectivity index (χ0) is 14.5. The fourth-order valence-electron chi connectivity index (χ4n) is 1.38. The van der Waals surface area contributed by atoms with Gasteiger partial charge < -0.3 is 4.74 Å². The number of esters is 1. The number of carbonyl (C=O) groups is 2. The van der Waals surface area contributed by atoms with Crippen molar-refractivity contribution in [2.75, 3.05) is 6.61 Å². The number of ether oxygens (including phenoxy) is 1. The summed E-state index contributed by atoms with van der Waals surface area (Å²) < 4.78 is 42.6. The maximum Gasteiger partial charge on any atom is 0.417 e. The van der Waals surface area contributed by atoms with Crippen molar-refractivity contribution in [2.45, 2.75) is 13.1 Å². The molecule has 0 N–H and O–H groups in total. The third kappa shape index (κ3) is 4.24. The number of aldehydes is 1. The normalized spacial score (nSPS) is 11.6. The first-order valence-corrected chi connectivity index (χ1v) is 5.39. The summed E-state index contributed by atoms with van der Waals surface area (Å²) in [6.45, 7) is 1.80. The predicted octanol–water partition coefficient (Wildman–Crippen LogP) is 3.09. The number of rotatable bonds is 4. The second kappa shape index (κ2) is 6.17. The van der Waals surface area contributed by atoms with Gasteiger partial charge in [0.2, 0.25) is 0 Å². The molecule has 0 unspecified atom stereocenters. The van der Waals surface area contributed by atoms with E-state index in [9.17, 15) is 22.8 Å². The van der Waals surface area contributed by atoms with Crippen molar-refractivity contribution in [3.05, 3.63) is 41.0 Å². The maximum absolute atomic E-state index is 12.7. The van der Waals surface area contributed by atoms with Crippen molar-refractivity contribution in [2.24, 2.45) is 0 Å². The molecule has 0 atom stereocenters. The van der Waals surface area contributed by atoms with Gasteiger partial charge in [0.1, 0.15) is 0 Å². The second-order valence-corrected chi connectivity index (χ2v) is 3.55. The van der Waals surface area contributed by atoms with Gasteiger partial charge in [-0.2, -0.15) is 13.2 Å². The van der Waals surface area contributed by atoms with E-state index in [0.717, 1.165) is 18.2 Å². The number of hydrogen-bond donors (Lipinski definition) is 0. The predicted molar refractivity (Wildman–Crippen MR) is 62.5 cm³/mol. The van der Waals surface area contributed by atoms with Crippen LogP contribution in [0.1, 0.15) is 28.4 Å². The topological polar surface area (TPSA) is 43.4 Å². The molecule has 3 nitrogen and oxygen atoms in total. The van der Waals surface area contributed by atoms with E-state index in [0.29, 0.717) is 0 Å². The summed E-state index contributed by atoms with van der Waals surface area (Å²) >= 11 is 0. The molecule has 19 heavy (non-hydrogen) atoms. The van der Waals surface area contributed by atoms with Crippen LogP contribution >= 0.6 is 0 Å². The first kappa shape index (κ1) is 14.9. The monoisotopic (exact) mass is 272 g/mol. The van der Waals surface area contributed by atoms with Gasteiger partial charge >= 0.3 is 12.1 Å². The van der Waals surface area contributed by atoms with Crippen LogP contribution in [-0.4, -0.2) is 18.9 Å². The quantitative estimate of drug-likeness (QED) is 0.480. The lowest BCUT2D eigenvalue weighted by Gasteiger charge is -2.09. The first-order valence-electron chi connectivity index (χ1n) is 5.39. The smallest absolute Gasteiger partial charge is 0.417 e. The van der Waals surface area contributed by atoms with E-state index in [-0.39, 0.29) is 18.5 Å². The lowest BCUT2D eigenvalue weighted by Crippen LogP contribution is -2.09. The highest BCUT2D eigenvalue weighted by Gasteiger charge is 2.33. The van der Waals surface area contributed by atoms with Crippen LogP contribution in [0.4, 0.5) is 13.2 Å². The molecule has 0 bridgehead atoms. The molecular formula is C13H11F3O3. The van der Waals surface area contributed by atoms with Crippen LogP contribution in [0.15, 0.2) is 24.3 Å². The molecule has 0 aliphatic heterocycles. The molecule has 0 fully saturated rings. The Balaban J connectivity index is 3.06. The standard InChI is InChI=1S/C13H11F3O3/c1-2-19-12(18)6-4-9-3-5-10(8-17)11(7-9)13(14,15)16/h3-8H,2H2,1H3. The minimum atomic E-state index is -4.62. The summed E-state index contributed by atoms with van der Waals surface area (Å²) in [6, 6.07) is 3.18. The molecule has 0 aliphatic carbocycles. The van der Waals surface area contributed by atoms with Gasteiger partial charge in [0.25, 0.3) is 0 Å². The molecule has 1 aromatic carbocycles. The zero-order valence-electron chi connectivity index (χ0n) is 10.0. The van der Waals surface area contributed by atoms with Gasteiger partial charge in [0.15, 0.2) is 6.29 Å². The third-order valence-corrected chi connectivity index (χ3v) is 2.21. The number of benzene rings is 1. The molecule has 0 saturated heterocycles. The Morgan fingerprint density at radius 1 is 1.37 bits per heavy atom. The largest absolute Gasteiger partial charge is 0.463 e. The maximum atomic E-state index is 12.7. The summed E-state index contributed by atoms with van der Waals surface area (Å²) in [5.74, 6) is -0.643. The van der Waals surface area contributed by atoms with Gasteiger partial charge in [-0.3, -0.25) is 4.79 Å². The van der Waals surface area contributed by atoms with Crippen LogP contribution in [0.3, 0.4) is 0 Å². The Bertz CT molecular complexity index is 504. The van der Waals surface area contributed by atoms with E-state index in [1.54, 1.807) is 6.92 Å². The Labute approximate surface area is 107 Å². The number of carbonyl (C=O) groups excluding carboxylic acids is 2. The van der Waals surface area contributed by atoms with Crippen LogP contribution in [0.5, 0.6) is 0 Å². The highest BCUT2D eigenvalue weighted by Crippen LogP contribution is 2.32. The van der Waals surface area contributed by atoms with E-state index in [1.165, 1.54) is 12.1 Å². The van der Waals surface area contributed by atoms with Gasteiger partial charge in [-0.25, -0.2) is 4.79 Å². The molecule has 6 heteroatoms. The number of alkyl halides is 3. The molecule has 1 aromatic rings. The van der Waals surface area contributed by atoms with Crippen LogP contribution in [-0.2, 0) is 15.7 Å². The van der Waals surface area contributed by atoms with Crippen LogP contribution in [0.2, 0.25) is 0 Å². The van der Waals surface area contributed by atoms with Gasteiger partial charge in [-0.1, -0.05) is 12.1 Å². The molecule has 0 saturated carbocycles. The van der Waals surface area contributed by atoms with Crippen molar-refractivity contribution in [1.82, 2.24) is 0 Å². The number of halogens is 3. The molecule has 0 heterocycles. The lowest BCUT2D eigenvalue weighted by atomic mass is 10.0. The fraction of sp³-hybridized carbons (Fsp3) is 0.231. The summed E-state index contributed by atoms with van der Waals surface area (Å²) in [4.78, 5) is 21.6. The first-order chi connectivity index (χ1) is 8.88. The van der Waals surface area contributed by atoms with E-state index >= 15 is 0 Å². The summed E-state index contributed by atoms with van der Waals surface area (Å²) in [5, 5.41) is 0. The minimum absolute atomic E-state index is 0.141. The number of hydrogen-bond acceptors (Lipinski definition) is 3. The van der Waals surface area contributed by atoms with Gasteiger partial charge in [0.05, 0.1) is 12.2 Å². The molecule has 1 rings (SSSR count). The summed E-state index contributed by atoms with van der Waals surface area (Å²) in [6.07, 6.45) is -2.26. The molecule has 0 spiro atoms. The second-order valence-electron chi connectivity index (χ2n) is 3.55. The molecular weight excluding hydrogens is 261 g/mol. The van der Waals surface area contributed by atoms with E-state index in [1.807, 2.05) is 0 Å². The molecule has 0 aromatic heterocycles. The van der Waals surface area contributed by atoms with Crippen LogP contribution in [0.25, 0.3) is 6.08 Å². The SMILES string of the molecule is CCOC(=O)C=Cc1ccc(C=O)c(C(F)(F)F)c1. The molecule has 0 radical (unpaired) electrons. The molecule has 0 amide bonds. The van der Waals surface area contributed by atoms with Gasteiger partial charge in [-0.05, 0) is 24.6 Å². The van der Waals surface area contributed by atoms with Crippen molar-refractivity contribution in [1.29, 1.82) is 0 Å². The summed E-state index contributed by atoms with van der Waals surface area (Å²) in [7, 11) is 0. The van der Waals surface area contributed by atoms with Crippen LogP contribution < -0.4 is 0 Å². The average molecular weight is 272 g/mol. The molecule has 0 aliphatic rings. The van der Waals surface area contributed by atoms with E-state index in [2.05, 4.69) is 4.74 Å².